The largest absolute Gasteiger partial charge is 0.473 e. The Labute approximate surface area is 236 Å². The number of hydrogen-bond donors (Lipinski definition) is 0. The highest BCUT2D eigenvalue weighted by molar-refractivity contribution is 5.91. The standard InChI is InChI=1S/C32H29F2N5O2/c1-19-16-39(17-28(41-19)23-9-12-30(35-15-23)40-18-22-7-5-4-6-8-22)29-14-27-32(37-21(3)20(2)36-27)31(38-29)25-11-10-24(33)13-26(25)34/h4-15,19,28H,16-18H2,1-3H3/t19-,28-/m1/s1. The van der Waals surface area contributed by atoms with E-state index in [1.807, 2.05) is 69.3 Å². The normalized spacial score (nSPS) is 17.1. The molecule has 0 aliphatic carbocycles. The van der Waals surface area contributed by atoms with Crippen LogP contribution in [0.3, 0.4) is 0 Å². The van der Waals surface area contributed by atoms with Crippen LogP contribution >= 0.6 is 0 Å². The number of halogens is 2. The van der Waals surface area contributed by atoms with E-state index in [1.54, 1.807) is 6.20 Å². The number of ether oxygens (including phenoxy) is 2. The predicted octanol–water partition coefficient (Wildman–Crippen LogP) is 6.53. The van der Waals surface area contributed by atoms with Crippen LogP contribution in [0, 0.1) is 25.5 Å². The molecular formula is C32H29F2N5O2. The molecule has 3 aromatic heterocycles. The van der Waals surface area contributed by atoms with Crippen molar-refractivity contribution in [1.29, 1.82) is 0 Å². The molecule has 0 N–H and O–H groups in total. The van der Waals surface area contributed by atoms with Crippen molar-refractivity contribution in [2.75, 3.05) is 18.0 Å². The van der Waals surface area contributed by atoms with E-state index in [2.05, 4.69) is 14.9 Å². The van der Waals surface area contributed by atoms with E-state index in [1.165, 1.54) is 12.1 Å². The minimum Gasteiger partial charge on any atom is -0.473 e. The highest BCUT2D eigenvalue weighted by Gasteiger charge is 2.29. The van der Waals surface area contributed by atoms with Gasteiger partial charge in [0.15, 0.2) is 0 Å². The molecule has 9 heteroatoms. The second-order valence-electron chi connectivity index (χ2n) is 10.3. The zero-order chi connectivity index (χ0) is 28.5. The van der Waals surface area contributed by atoms with E-state index in [-0.39, 0.29) is 17.8 Å². The van der Waals surface area contributed by atoms with Gasteiger partial charge in [-0.25, -0.2) is 28.7 Å². The maximum absolute atomic E-state index is 15.0. The van der Waals surface area contributed by atoms with Crippen LogP contribution in [0.4, 0.5) is 14.6 Å². The monoisotopic (exact) mass is 553 g/mol. The summed E-state index contributed by atoms with van der Waals surface area (Å²) in [6.45, 7) is 7.24. The Balaban J connectivity index is 1.30. The number of rotatable bonds is 6. The third-order valence-corrected chi connectivity index (χ3v) is 7.18. The van der Waals surface area contributed by atoms with Crippen molar-refractivity contribution in [3.8, 4) is 17.1 Å². The Hall–Kier alpha value is -4.50. The quantitative estimate of drug-likeness (QED) is 0.237. The Bertz CT molecular complexity index is 1700. The van der Waals surface area contributed by atoms with Gasteiger partial charge >= 0.3 is 0 Å². The molecule has 0 unspecified atom stereocenters. The number of fused-ring (bicyclic) bond motifs is 1. The zero-order valence-corrected chi connectivity index (χ0v) is 23.0. The zero-order valence-electron chi connectivity index (χ0n) is 23.0. The molecule has 7 nitrogen and oxygen atoms in total. The lowest BCUT2D eigenvalue weighted by Gasteiger charge is -2.37. The van der Waals surface area contributed by atoms with Crippen LogP contribution in [0.2, 0.25) is 0 Å². The molecule has 5 aromatic rings. The summed E-state index contributed by atoms with van der Waals surface area (Å²) in [6, 6.07) is 19.1. The van der Waals surface area contributed by atoms with E-state index >= 15 is 0 Å². The van der Waals surface area contributed by atoms with Crippen LogP contribution in [0.5, 0.6) is 5.88 Å². The molecule has 0 bridgehead atoms. The number of aryl methyl sites for hydroxylation is 2. The van der Waals surface area contributed by atoms with Gasteiger partial charge in [-0.15, -0.1) is 0 Å². The third-order valence-electron chi connectivity index (χ3n) is 7.18. The second-order valence-corrected chi connectivity index (χ2v) is 10.3. The highest BCUT2D eigenvalue weighted by Crippen LogP contribution is 2.34. The van der Waals surface area contributed by atoms with Gasteiger partial charge in [-0.2, -0.15) is 0 Å². The third kappa shape index (κ3) is 5.71. The van der Waals surface area contributed by atoms with Crippen molar-refractivity contribution < 1.29 is 18.3 Å². The second kappa shape index (κ2) is 11.2. The van der Waals surface area contributed by atoms with Crippen LogP contribution in [0.1, 0.15) is 35.5 Å². The molecule has 4 heterocycles. The summed E-state index contributed by atoms with van der Waals surface area (Å²) in [5.74, 6) is -0.209. The van der Waals surface area contributed by atoms with E-state index in [0.717, 1.165) is 28.6 Å². The van der Waals surface area contributed by atoms with Gasteiger partial charge in [-0.1, -0.05) is 30.3 Å². The minimum atomic E-state index is -0.704. The minimum absolute atomic E-state index is 0.114. The number of aromatic nitrogens is 4. The van der Waals surface area contributed by atoms with Crippen molar-refractivity contribution in [1.82, 2.24) is 19.9 Å². The van der Waals surface area contributed by atoms with E-state index < -0.39 is 11.6 Å². The average Bonchev–Trinajstić information content (AvgIpc) is 2.97. The molecule has 1 fully saturated rings. The predicted molar refractivity (Wildman–Crippen MR) is 153 cm³/mol. The van der Waals surface area contributed by atoms with E-state index in [0.29, 0.717) is 48.1 Å². The van der Waals surface area contributed by atoms with Crippen LogP contribution in [0.15, 0.2) is 72.9 Å². The molecule has 2 atom stereocenters. The molecule has 0 saturated carbocycles. The molecule has 1 saturated heterocycles. The van der Waals surface area contributed by atoms with Gasteiger partial charge in [-0.05, 0) is 44.5 Å². The lowest BCUT2D eigenvalue weighted by molar-refractivity contribution is -0.0178. The van der Waals surface area contributed by atoms with Crippen molar-refractivity contribution in [2.24, 2.45) is 0 Å². The van der Waals surface area contributed by atoms with Gasteiger partial charge in [0.2, 0.25) is 5.88 Å². The fourth-order valence-electron chi connectivity index (χ4n) is 4.97. The van der Waals surface area contributed by atoms with Crippen LogP contribution in [-0.2, 0) is 11.3 Å². The topological polar surface area (TPSA) is 73.3 Å². The maximum atomic E-state index is 15.0. The molecule has 2 aromatic carbocycles. The van der Waals surface area contributed by atoms with Crippen LogP contribution in [0.25, 0.3) is 22.3 Å². The Kier molecular flexibility index (Phi) is 7.28. The fourth-order valence-corrected chi connectivity index (χ4v) is 4.97. The summed E-state index contributed by atoms with van der Waals surface area (Å²) < 4.78 is 40.8. The molecular weight excluding hydrogens is 524 g/mol. The molecule has 0 amide bonds. The first kappa shape index (κ1) is 26.7. The summed E-state index contributed by atoms with van der Waals surface area (Å²) in [5.41, 5.74) is 5.02. The molecule has 41 heavy (non-hydrogen) atoms. The fraction of sp³-hybridized carbons (Fsp3) is 0.250. The summed E-state index contributed by atoms with van der Waals surface area (Å²) in [4.78, 5) is 20.8. The van der Waals surface area contributed by atoms with Crippen molar-refractivity contribution in [2.45, 2.75) is 39.6 Å². The van der Waals surface area contributed by atoms with Gasteiger partial charge in [0.05, 0.1) is 23.0 Å². The average molecular weight is 554 g/mol. The molecule has 0 radical (unpaired) electrons. The summed E-state index contributed by atoms with van der Waals surface area (Å²) >= 11 is 0. The first-order valence-corrected chi connectivity index (χ1v) is 13.5. The number of benzene rings is 2. The molecule has 1 aliphatic rings. The Morgan fingerprint density at radius 2 is 1.73 bits per heavy atom. The summed E-state index contributed by atoms with van der Waals surface area (Å²) in [6.07, 6.45) is 1.38. The Morgan fingerprint density at radius 3 is 2.49 bits per heavy atom. The number of hydrogen-bond acceptors (Lipinski definition) is 7. The maximum Gasteiger partial charge on any atom is 0.213 e. The van der Waals surface area contributed by atoms with Crippen LogP contribution < -0.4 is 9.64 Å². The van der Waals surface area contributed by atoms with Gasteiger partial charge in [0.25, 0.3) is 0 Å². The van der Waals surface area contributed by atoms with Crippen LogP contribution in [-0.4, -0.2) is 39.1 Å². The summed E-state index contributed by atoms with van der Waals surface area (Å²) in [5, 5.41) is 0. The molecule has 208 valence electrons. The van der Waals surface area contributed by atoms with Gasteiger partial charge in [0, 0.05) is 48.6 Å². The van der Waals surface area contributed by atoms with Gasteiger partial charge < -0.3 is 14.4 Å². The molecule has 6 rings (SSSR count). The first-order chi connectivity index (χ1) is 19.8. The Morgan fingerprint density at radius 1 is 0.927 bits per heavy atom. The number of anilines is 1. The van der Waals surface area contributed by atoms with Gasteiger partial charge in [-0.3, -0.25) is 0 Å². The number of pyridine rings is 2. The van der Waals surface area contributed by atoms with E-state index in [4.69, 9.17) is 19.4 Å². The number of nitrogens with zero attached hydrogens (tertiary/aromatic N) is 5. The van der Waals surface area contributed by atoms with Gasteiger partial charge in [0.1, 0.15) is 41.4 Å². The number of morpholine rings is 1. The first-order valence-electron chi connectivity index (χ1n) is 13.5. The van der Waals surface area contributed by atoms with Crippen molar-refractivity contribution in [3.05, 3.63) is 107 Å². The van der Waals surface area contributed by atoms with Crippen molar-refractivity contribution in [3.63, 3.8) is 0 Å². The lowest BCUT2D eigenvalue weighted by atomic mass is 10.1. The highest BCUT2D eigenvalue weighted by atomic mass is 19.1. The molecule has 0 spiro atoms. The summed E-state index contributed by atoms with van der Waals surface area (Å²) in [7, 11) is 0. The molecule has 1 aliphatic heterocycles. The van der Waals surface area contributed by atoms with E-state index in [9.17, 15) is 8.78 Å². The SMILES string of the molecule is Cc1nc2cc(N3C[C@@H](C)O[C@@H](c4ccc(OCc5ccccc5)nc4)C3)nc(-c3ccc(F)cc3F)c2nc1C. The van der Waals surface area contributed by atoms with Crippen molar-refractivity contribution >= 4 is 16.9 Å². The lowest BCUT2D eigenvalue weighted by Crippen LogP contribution is -2.43. The smallest absolute Gasteiger partial charge is 0.213 e.